The van der Waals surface area contributed by atoms with Gasteiger partial charge in [0.25, 0.3) is 5.91 Å². The first-order valence-electron chi connectivity index (χ1n) is 7.38. The van der Waals surface area contributed by atoms with Gasteiger partial charge in [-0.15, -0.1) is 11.3 Å². The molecule has 6 heteroatoms. The van der Waals surface area contributed by atoms with E-state index in [1.165, 1.54) is 17.4 Å². The predicted molar refractivity (Wildman–Crippen MR) is 101 cm³/mol. The van der Waals surface area contributed by atoms with Crippen LogP contribution in [0.3, 0.4) is 0 Å². The van der Waals surface area contributed by atoms with Crippen molar-refractivity contribution in [1.29, 1.82) is 0 Å². The van der Waals surface area contributed by atoms with Crippen molar-refractivity contribution >= 4 is 50.9 Å². The van der Waals surface area contributed by atoms with Crippen molar-refractivity contribution in [2.75, 3.05) is 5.32 Å². The number of carbonyl (C=O) groups is 2. The topological polar surface area (TPSA) is 55.4 Å². The number of aryl methyl sites for hydroxylation is 2. The van der Waals surface area contributed by atoms with Crippen LogP contribution in [0.5, 0.6) is 0 Å². The van der Waals surface area contributed by atoms with Gasteiger partial charge in [-0.05, 0) is 66.0 Å². The van der Waals surface area contributed by atoms with Crippen molar-refractivity contribution in [3.05, 3.63) is 56.2 Å². The van der Waals surface area contributed by atoms with Crippen LogP contribution in [0, 0.1) is 13.8 Å². The number of para-hydroxylation sites is 1. The van der Waals surface area contributed by atoms with E-state index in [0.29, 0.717) is 0 Å². The molecule has 0 unspecified atom stereocenters. The largest absolute Gasteiger partial charge is 0.449 e. The summed E-state index contributed by atoms with van der Waals surface area (Å²) in [6.07, 6.45) is 2.10. The maximum atomic E-state index is 12.2. The lowest BCUT2D eigenvalue weighted by Gasteiger charge is -2.15. The van der Waals surface area contributed by atoms with Crippen LogP contribution in [0.4, 0.5) is 5.69 Å². The average molecular weight is 408 g/mol. The molecule has 4 nitrogen and oxygen atoms in total. The molecule has 1 amide bonds. The molecule has 0 aliphatic rings. The van der Waals surface area contributed by atoms with Gasteiger partial charge in [0.2, 0.25) is 0 Å². The number of rotatable bonds is 5. The van der Waals surface area contributed by atoms with Gasteiger partial charge in [-0.25, -0.2) is 4.79 Å². The van der Waals surface area contributed by atoms with Crippen molar-refractivity contribution in [3.63, 3.8) is 0 Å². The summed E-state index contributed by atoms with van der Waals surface area (Å²) in [7, 11) is 0. The summed E-state index contributed by atoms with van der Waals surface area (Å²) >= 11 is 4.86. The number of thiophene rings is 1. The van der Waals surface area contributed by atoms with Gasteiger partial charge in [0.1, 0.15) is 0 Å². The smallest absolute Gasteiger partial charge is 0.331 e. The molecule has 2 rings (SSSR count). The van der Waals surface area contributed by atoms with Crippen LogP contribution >= 0.6 is 27.3 Å². The molecule has 1 N–H and O–H groups in total. The number of esters is 1. The van der Waals surface area contributed by atoms with Gasteiger partial charge in [0.15, 0.2) is 6.10 Å². The van der Waals surface area contributed by atoms with E-state index in [1.54, 1.807) is 13.0 Å². The molecule has 0 fully saturated rings. The third-order valence-electron chi connectivity index (χ3n) is 3.37. The summed E-state index contributed by atoms with van der Waals surface area (Å²) in [5.41, 5.74) is 2.68. The van der Waals surface area contributed by atoms with Crippen LogP contribution < -0.4 is 5.32 Å². The number of nitrogens with one attached hydrogen (secondary N) is 1. The van der Waals surface area contributed by atoms with Crippen LogP contribution in [-0.4, -0.2) is 18.0 Å². The van der Waals surface area contributed by atoms with Crippen molar-refractivity contribution in [2.24, 2.45) is 0 Å². The van der Waals surface area contributed by atoms with E-state index in [0.717, 1.165) is 25.5 Å². The number of hydrogen-bond acceptors (Lipinski definition) is 4. The Balaban J connectivity index is 1.93. The predicted octanol–water partition coefficient (Wildman–Crippen LogP) is 4.71. The first-order valence-corrected chi connectivity index (χ1v) is 8.99. The number of hydrogen-bond donors (Lipinski definition) is 1. The number of ether oxygens (including phenoxy) is 1. The normalized spacial score (nSPS) is 12.2. The minimum Gasteiger partial charge on any atom is -0.449 e. The molecule has 0 saturated heterocycles. The van der Waals surface area contributed by atoms with E-state index in [-0.39, 0.29) is 5.91 Å². The monoisotopic (exact) mass is 407 g/mol. The number of amides is 1. The lowest BCUT2D eigenvalue weighted by molar-refractivity contribution is -0.148. The van der Waals surface area contributed by atoms with Crippen LogP contribution in [0.15, 0.2) is 40.2 Å². The summed E-state index contributed by atoms with van der Waals surface area (Å²) < 4.78 is 6.13. The molecular formula is C18H18BrNO3S. The number of halogens is 1. The zero-order chi connectivity index (χ0) is 17.7. The Bertz CT molecular complexity index is 762. The lowest BCUT2D eigenvalue weighted by Crippen LogP contribution is -2.30. The highest BCUT2D eigenvalue weighted by Gasteiger charge is 2.18. The van der Waals surface area contributed by atoms with Crippen LogP contribution in [0.1, 0.15) is 22.9 Å². The molecule has 0 bridgehead atoms. The highest BCUT2D eigenvalue weighted by atomic mass is 79.9. The zero-order valence-electron chi connectivity index (χ0n) is 13.6. The van der Waals surface area contributed by atoms with E-state index in [4.69, 9.17) is 4.74 Å². The molecule has 0 aliphatic carbocycles. The van der Waals surface area contributed by atoms with Crippen LogP contribution in [0.25, 0.3) is 6.08 Å². The maximum absolute atomic E-state index is 12.2. The Morgan fingerprint density at radius 2 is 1.88 bits per heavy atom. The quantitative estimate of drug-likeness (QED) is 0.576. The molecule has 0 radical (unpaired) electrons. The van der Waals surface area contributed by atoms with Gasteiger partial charge in [0.05, 0.1) is 3.79 Å². The summed E-state index contributed by atoms with van der Waals surface area (Å²) in [5, 5.41) is 2.82. The van der Waals surface area contributed by atoms with E-state index in [2.05, 4.69) is 21.2 Å². The molecule has 0 saturated carbocycles. The van der Waals surface area contributed by atoms with Crippen molar-refractivity contribution in [2.45, 2.75) is 26.9 Å². The Morgan fingerprint density at radius 1 is 1.21 bits per heavy atom. The second-order valence-corrected chi connectivity index (χ2v) is 7.80. The summed E-state index contributed by atoms with van der Waals surface area (Å²) in [6, 6.07) is 9.55. The second-order valence-electron chi connectivity index (χ2n) is 5.31. The Kier molecular flexibility index (Phi) is 6.34. The number of carbonyl (C=O) groups excluding carboxylic acids is 2. The van der Waals surface area contributed by atoms with Gasteiger partial charge in [-0.2, -0.15) is 0 Å². The second kappa shape index (κ2) is 8.26. The van der Waals surface area contributed by atoms with Gasteiger partial charge >= 0.3 is 5.97 Å². The fraction of sp³-hybridized carbons (Fsp3) is 0.222. The number of benzene rings is 1. The summed E-state index contributed by atoms with van der Waals surface area (Å²) in [6.45, 7) is 5.39. The van der Waals surface area contributed by atoms with E-state index in [9.17, 15) is 9.59 Å². The number of anilines is 1. The van der Waals surface area contributed by atoms with E-state index >= 15 is 0 Å². The third kappa shape index (κ3) is 5.04. The van der Waals surface area contributed by atoms with E-state index < -0.39 is 12.1 Å². The lowest BCUT2D eigenvalue weighted by atomic mass is 10.1. The molecule has 0 spiro atoms. The van der Waals surface area contributed by atoms with Gasteiger partial charge < -0.3 is 10.1 Å². The zero-order valence-corrected chi connectivity index (χ0v) is 16.0. The highest BCUT2D eigenvalue weighted by Crippen LogP contribution is 2.23. The Labute approximate surface area is 153 Å². The fourth-order valence-electron chi connectivity index (χ4n) is 2.07. The van der Waals surface area contributed by atoms with Crippen molar-refractivity contribution in [1.82, 2.24) is 0 Å². The van der Waals surface area contributed by atoms with Gasteiger partial charge in [0, 0.05) is 16.6 Å². The summed E-state index contributed by atoms with van der Waals surface area (Å²) in [5.74, 6) is -0.906. The fourth-order valence-corrected chi connectivity index (χ4v) is 3.40. The molecule has 1 aromatic heterocycles. The van der Waals surface area contributed by atoms with Gasteiger partial charge in [-0.1, -0.05) is 18.2 Å². The Morgan fingerprint density at radius 3 is 2.46 bits per heavy atom. The molecule has 1 atom stereocenters. The molecule has 1 aromatic carbocycles. The molecule has 24 heavy (non-hydrogen) atoms. The molecular weight excluding hydrogens is 390 g/mol. The Hall–Kier alpha value is -1.92. The van der Waals surface area contributed by atoms with Gasteiger partial charge in [-0.3, -0.25) is 4.79 Å². The molecule has 126 valence electrons. The molecule has 1 heterocycles. The van der Waals surface area contributed by atoms with Crippen LogP contribution in [-0.2, 0) is 14.3 Å². The maximum Gasteiger partial charge on any atom is 0.331 e. The van der Waals surface area contributed by atoms with Crippen molar-refractivity contribution in [3.8, 4) is 0 Å². The first kappa shape index (κ1) is 18.4. The standard InChI is InChI=1S/C18H18BrNO3S/c1-11-5-4-6-12(2)17(11)20-18(22)13(3)23-16(21)10-8-14-7-9-15(19)24-14/h4-10,13H,1-3H3,(H,20,22)/b10-8+/t13-/m0/s1. The van der Waals surface area contributed by atoms with Crippen LogP contribution in [0.2, 0.25) is 0 Å². The van der Waals surface area contributed by atoms with E-state index in [1.807, 2.05) is 44.2 Å². The third-order valence-corrected chi connectivity index (χ3v) is 4.96. The SMILES string of the molecule is Cc1cccc(C)c1NC(=O)[C@H](C)OC(=O)/C=C/c1ccc(Br)s1. The van der Waals surface area contributed by atoms with Crippen molar-refractivity contribution < 1.29 is 14.3 Å². The molecule has 0 aliphatic heterocycles. The minimum atomic E-state index is -0.878. The first-order chi connectivity index (χ1) is 11.4. The highest BCUT2D eigenvalue weighted by molar-refractivity contribution is 9.11. The average Bonchev–Trinajstić information content (AvgIpc) is 2.94. The summed E-state index contributed by atoms with van der Waals surface area (Å²) in [4.78, 5) is 25.0. The minimum absolute atomic E-state index is 0.354. The molecule has 2 aromatic rings.